The summed E-state index contributed by atoms with van der Waals surface area (Å²) in [7, 11) is -2.69. The highest BCUT2D eigenvalue weighted by atomic mass is 35.5. The van der Waals surface area contributed by atoms with E-state index in [2.05, 4.69) is 4.72 Å². The van der Waals surface area contributed by atoms with Gasteiger partial charge in [-0.2, -0.15) is 8.42 Å². The molecule has 1 heterocycles. The Kier molecular flexibility index (Phi) is 4.87. The highest BCUT2D eigenvalue weighted by Crippen LogP contribution is 2.26. The number of allylic oxidation sites excluding steroid dienone is 1. The first-order chi connectivity index (χ1) is 9.93. The maximum Gasteiger partial charge on any atom is 0.359 e. The highest BCUT2D eigenvalue weighted by molar-refractivity contribution is 7.84. The summed E-state index contributed by atoms with van der Waals surface area (Å²) in [6.45, 7) is 0.0584. The van der Waals surface area contributed by atoms with Crippen LogP contribution in [0.2, 0.25) is 5.02 Å². The summed E-state index contributed by atoms with van der Waals surface area (Å²) in [5.74, 6) is -0.642. The summed E-state index contributed by atoms with van der Waals surface area (Å²) in [6, 6.07) is 6.56. The van der Waals surface area contributed by atoms with E-state index in [1.807, 2.05) is 0 Å². The predicted octanol–water partition coefficient (Wildman–Crippen LogP) is 1.87. The van der Waals surface area contributed by atoms with Gasteiger partial charge in [0.2, 0.25) is 0 Å². The summed E-state index contributed by atoms with van der Waals surface area (Å²) in [6.07, 6.45) is 0.804. The molecule has 1 fully saturated rings. The van der Waals surface area contributed by atoms with Crippen LogP contribution >= 0.6 is 11.6 Å². The Hall–Kier alpha value is -1.57. The van der Waals surface area contributed by atoms with Gasteiger partial charge in [-0.05, 0) is 30.5 Å². The lowest BCUT2D eigenvalue weighted by atomic mass is 10.0. The predicted molar refractivity (Wildman–Crippen MR) is 77.6 cm³/mol. The van der Waals surface area contributed by atoms with Gasteiger partial charge in [-0.15, -0.1) is 0 Å². The molecule has 8 heteroatoms. The average molecular weight is 332 g/mol. The Bertz CT molecular complexity index is 684. The fourth-order valence-corrected chi connectivity index (χ4v) is 3.08. The van der Waals surface area contributed by atoms with Gasteiger partial charge >= 0.3 is 16.3 Å². The SMILES string of the molecule is COC(=O)/C(=C1/CCCOS(=O)(=O)N1)c1cccc(Cl)c1. The molecular formula is C13H14ClNO5S. The summed E-state index contributed by atoms with van der Waals surface area (Å²) in [5, 5.41) is 0.433. The fraction of sp³-hybridized carbons (Fsp3) is 0.308. The standard InChI is InChI=1S/C13H14ClNO5S/c1-19-13(16)12(9-4-2-5-10(14)8-9)11-6-3-7-20-21(17,18)15-11/h2,4-5,8,15H,3,6-7H2,1H3/b12-11-. The van der Waals surface area contributed by atoms with Gasteiger partial charge in [0, 0.05) is 10.7 Å². The van der Waals surface area contributed by atoms with Crippen molar-refractivity contribution in [3.05, 3.63) is 40.5 Å². The molecule has 1 aromatic rings. The summed E-state index contributed by atoms with van der Waals surface area (Å²) in [5.41, 5.74) is 0.852. The van der Waals surface area contributed by atoms with Crippen molar-refractivity contribution in [3.8, 4) is 0 Å². The van der Waals surface area contributed by atoms with Crippen molar-refractivity contribution in [2.75, 3.05) is 13.7 Å². The zero-order valence-electron chi connectivity index (χ0n) is 11.3. The molecule has 0 atom stereocenters. The average Bonchev–Trinajstić information content (AvgIpc) is 2.60. The fourth-order valence-electron chi connectivity index (χ4n) is 1.99. The van der Waals surface area contributed by atoms with E-state index >= 15 is 0 Å². The van der Waals surface area contributed by atoms with Gasteiger partial charge in [0.15, 0.2) is 0 Å². The van der Waals surface area contributed by atoms with Crippen LogP contribution in [0.1, 0.15) is 18.4 Å². The van der Waals surface area contributed by atoms with Crippen molar-refractivity contribution in [2.45, 2.75) is 12.8 Å². The Labute approximate surface area is 128 Å². The van der Waals surface area contributed by atoms with Crippen molar-refractivity contribution in [2.24, 2.45) is 0 Å². The van der Waals surface area contributed by atoms with E-state index < -0.39 is 16.3 Å². The van der Waals surface area contributed by atoms with Crippen LogP contribution in [0.4, 0.5) is 0 Å². The third-order valence-electron chi connectivity index (χ3n) is 2.86. The normalized spacial score (nSPS) is 20.1. The zero-order chi connectivity index (χ0) is 15.5. The van der Waals surface area contributed by atoms with Crippen molar-refractivity contribution in [3.63, 3.8) is 0 Å². The quantitative estimate of drug-likeness (QED) is 0.661. The molecule has 1 aliphatic rings. The number of rotatable bonds is 2. The zero-order valence-corrected chi connectivity index (χ0v) is 12.8. The number of esters is 1. The monoisotopic (exact) mass is 331 g/mol. The molecule has 0 radical (unpaired) electrons. The third-order valence-corrected chi connectivity index (χ3v) is 4.07. The first-order valence-corrected chi connectivity index (χ1v) is 7.96. The van der Waals surface area contributed by atoms with E-state index in [9.17, 15) is 13.2 Å². The first kappa shape index (κ1) is 15.8. The van der Waals surface area contributed by atoms with Crippen LogP contribution in [0.5, 0.6) is 0 Å². The van der Waals surface area contributed by atoms with Crippen LogP contribution in [-0.4, -0.2) is 28.1 Å². The molecule has 0 saturated carbocycles. The van der Waals surface area contributed by atoms with Gasteiger partial charge in [0.1, 0.15) is 0 Å². The Morgan fingerprint density at radius 3 is 2.86 bits per heavy atom. The maximum absolute atomic E-state index is 12.0. The number of carbonyl (C=O) groups is 1. The molecule has 1 aromatic carbocycles. The molecule has 1 saturated heterocycles. The first-order valence-electron chi connectivity index (χ1n) is 6.17. The molecule has 21 heavy (non-hydrogen) atoms. The Morgan fingerprint density at radius 2 is 2.19 bits per heavy atom. The van der Waals surface area contributed by atoms with Crippen LogP contribution in [-0.2, 0) is 24.0 Å². The molecular weight excluding hydrogens is 318 g/mol. The number of hydrogen-bond acceptors (Lipinski definition) is 5. The highest BCUT2D eigenvalue weighted by Gasteiger charge is 2.25. The van der Waals surface area contributed by atoms with Crippen LogP contribution in [0, 0.1) is 0 Å². The van der Waals surface area contributed by atoms with Gasteiger partial charge in [0.05, 0.1) is 19.3 Å². The lowest BCUT2D eigenvalue weighted by molar-refractivity contribution is -0.133. The van der Waals surface area contributed by atoms with Gasteiger partial charge in [0.25, 0.3) is 0 Å². The van der Waals surface area contributed by atoms with Gasteiger partial charge in [-0.3, -0.25) is 8.91 Å². The molecule has 0 bridgehead atoms. The Morgan fingerprint density at radius 1 is 1.43 bits per heavy atom. The van der Waals surface area contributed by atoms with Gasteiger partial charge < -0.3 is 4.74 Å². The smallest absolute Gasteiger partial charge is 0.359 e. The topological polar surface area (TPSA) is 81.7 Å². The molecule has 6 nitrogen and oxygen atoms in total. The van der Waals surface area contributed by atoms with Crippen LogP contribution < -0.4 is 4.72 Å². The number of carbonyl (C=O) groups excluding carboxylic acids is 1. The van der Waals surface area contributed by atoms with Crippen molar-refractivity contribution >= 4 is 33.4 Å². The van der Waals surface area contributed by atoms with E-state index in [-0.39, 0.29) is 17.9 Å². The van der Waals surface area contributed by atoms with Crippen molar-refractivity contribution in [1.82, 2.24) is 4.72 Å². The largest absolute Gasteiger partial charge is 0.465 e. The number of methoxy groups -OCH3 is 1. The molecule has 1 aliphatic heterocycles. The summed E-state index contributed by atoms with van der Waals surface area (Å²) >= 11 is 5.93. The molecule has 0 unspecified atom stereocenters. The van der Waals surface area contributed by atoms with E-state index in [0.717, 1.165) is 0 Å². The second-order valence-electron chi connectivity index (χ2n) is 4.34. The lowest BCUT2D eigenvalue weighted by Crippen LogP contribution is -2.25. The van der Waals surface area contributed by atoms with E-state index in [4.69, 9.17) is 20.5 Å². The molecule has 2 rings (SSSR count). The lowest BCUT2D eigenvalue weighted by Gasteiger charge is -2.13. The van der Waals surface area contributed by atoms with Gasteiger partial charge in [-0.25, -0.2) is 4.79 Å². The number of benzene rings is 1. The van der Waals surface area contributed by atoms with Crippen molar-refractivity contribution in [1.29, 1.82) is 0 Å². The molecule has 1 N–H and O–H groups in total. The Balaban J connectivity index is 2.58. The van der Waals surface area contributed by atoms with Crippen molar-refractivity contribution < 1.29 is 22.1 Å². The summed E-state index contributed by atoms with van der Waals surface area (Å²) < 4.78 is 35.0. The minimum Gasteiger partial charge on any atom is -0.465 e. The number of hydrogen-bond donors (Lipinski definition) is 1. The number of halogens is 1. The van der Waals surface area contributed by atoms with E-state index in [0.29, 0.717) is 23.4 Å². The second-order valence-corrected chi connectivity index (χ2v) is 6.12. The van der Waals surface area contributed by atoms with E-state index in [1.54, 1.807) is 24.3 Å². The maximum atomic E-state index is 12.0. The summed E-state index contributed by atoms with van der Waals surface area (Å²) in [4.78, 5) is 12.0. The molecule has 0 spiro atoms. The number of nitrogens with one attached hydrogen (secondary N) is 1. The van der Waals surface area contributed by atoms with E-state index in [1.165, 1.54) is 7.11 Å². The molecule has 0 amide bonds. The van der Waals surface area contributed by atoms with Crippen LogP contribution in [0.25, 0.3) is 5.57 Å². The van der Waals surface area contributed by atoms with Crippen LogP contribution in [0.15, 0.2) is 30.0 Å². The second kappa shape index (κ2) is 6.46. The molecule has 114 valence electrons. The third kappa shape index (κ3) is 3.96. The number of ether oxygens (including phenoxy) is 1. The van der Waals surface area contributed by atoms with Crippen LogP contribution in [0.3, 0.4) is 0 Å². The minimum absolute atomic E-state index is 0.0584. The molecule has 0 aliphatic carbocycles. The van der Waals surface area contributed by atoms with Gasteiger partial charge in [-0.1, -0.05) is 23.7 Å². The minimum atomic E-state index is -3.92. The molecule has 0 aromatic heterocycles.